The zero-order valence-electron chi connectivity index (χ0n) is 34.2. The Labute approximate surface area is 367 Å². The average molecular weight is 971 g/mol. The van der Waals surface area contributed by atoms with E-state index in [-0.39, 0.29) is 22.7 Å². The lowest BCUT2D eigenvalue weighted by atomic mass is 10.0. The number of hydrogen-bond donors (Lipinski definition) is 1. The molecule has 2 aromatic heterocycles. The van der Waals surface area contributed by atoms with Gasteiger partial charge in [0.2, 0.25) is 6.49 Å². The lowest BCUT2D eigenvalue weighted by Gasteiger charge is -2.26. The molecule has 10 nitrogen and oxygen atoms in total. The minimum Gasteiger partial charge on any atom is -0.507 e. The molecule has 2 aliphatic rings. The van der Waals surface area contributed by atoms with Crippen LogP contribution < -0.4 is 0 Å². The fraction of sp³-hybridized carbons (Fsp3) is 0.385. The minimum atomic E-state index is -4.55. The highest BCUT2D eigenvalue weighted by Gasteiger charge is 2.47. The lowest BCUT2D eigenvalue weighted by Crippen LogP contribution is -2.24. The van der Waals surface area contributed by atoms with Crippen molar-refractivity contribution in [2.24, 2.45) is 0 Å². The maximum absolute atomic E-state index is 12.7. The first-order chi connectivity index (χ1) is 27.9. The molecule has 1 N–H and O–H groups in total. The smallest absolute Gasteiger partial charge is 0.412 e. The van der Waals surface area contributed by atoms with Crippen LogP contribution >= 0.6 is 35.4 Å². The minimum absolute atomic E-state index is 0.0357. The molecule has 0 saturated carbocycles. The number of carbonyl (C=O) groups excluding carboxylic acids is 2. The van der Waals surface area contributed by atoms with Crippen molar-refractivity contribution in [1.82, 2.24) is 9.97 Å². The van der Waals surface area contributed by atoms with E-state index in [0.29, 0.717) is 16.4 Å². The van der Waals surface area contributed by atoms with E-state index in [1.165, 1.54) is 42.7 Å². The second kappa shape index (κ2) is 19.1. The van der Waals surface area contributed by atoms with Gasteiger partial charge in [0.25, 0.3) is 0 Å². The number of benzene rings is 2. The van der Waals surface area contributed by atoms with Crippen molar-refractivity contribution in [1.29, 1.82) is 0 Å². The molecule has 6 rings (SSSR count). The first-order valence-electron chi connectivity index (χ1n) is 17.9. The lowest BCUT2D eigenvalue weighted by molar-refractivity contribution is -0.153. The van der Waals surface area contributed by atoms with Gasteiger partial charge < -0.3 is 28.2 Å². The summed E-state index contributed by atoms with van der Waals surface area (Å²) in [6.45, 7) is 8.32. The SMILES string of the molecule is CP(C)(=S)OCC(F)(F)F.Cc1sc(-c2ccccc2)nc1C1=C(O)C(C)(C)OC1=O.Cc1sc(-c2ccccc2)nc1C1=C(OP(C)(=S)OCC(F)(F)F)C(C)(C)OC1=O. The number of cyclic esters (lactones) is 2. The highest BCUT2D eigenvalue weighted by atomic mass is 32.5. The van der Waals surface area contributed by atoms with Gasteiger partial charge in [0.05, 0.1) is 17.7 Å². The normalized spacial score (nSPS) is 17.2. The number of ether oxygens (including phenoxy) is 2. The van der Waals surface area contributed by atoms with Gasteiger partial charge in [0.15, 0.2) is 29.3 Å². The molecular formula is C39H42F6N2O8P2S4. The van der Waals surface area contributed by atoms with Crippen LogP contribution in [0.5, 0.6) is 0 Å². The first-order valence-corrected chi connectivity index (χ1v) is 26.2. The molecule has 0 radical (unpaired) electrons. The maximum atomic E-state index is 12.7. The van der Waals surface area contributed by atoms with Crippen LogP contribution in [0, 0.1) is 13.8 Å². The van der Waals surface area contributed by atoms with E-state index in [2.05, 4.69) is 26.3 Å². The number of nitrogens with zero attached hydrogens (tertiary/aromatic N) is 2. The molecule has 2 aliphatic heterocycles. The van der Waals surface area contributed by atoms with E-state index < -0.39 is 61.5 Å². The number of aliphatic hydroxyl groups is 1. The number of rotatable bonds is 10. The standard InChI is InChI=1S/C19H19F3NO4PS2.C16H15NO3S.C4H8F3OPS/c1-11-14(23-16(30-11)12-8-6-5-7-9-12)13-15(18(2,3)26-17(13)24)27-28(4,29)25-10-19(20,21)22;1-9-12(11-13(18)16(2,3)20-15(11)19)17-14(21-9)10-7-5-4-6-8-10;1-9(2,10)8-3-4(5,6)7/h5-9H,10H2,1-4H3;4-8,18H,1-3H3;3H2,1-2H3. The van der Waals surface area contributed by atoms with Gasteiger partial charge in [-0.3, -0.25) is 0 Å². The third-order valence-electron chi connectivity index (χ3n) is 8.05. The molecule has 1 atom stereocenters. The molecule has 0 bridgehead atoms. The maximum Gasteiger partial charge on any atom is 0.412 e. The Morgan fingerprint density at radius 2 is 1.08 bits per heavy atom. The highest BCUT2D eigenvalue weighted by molar-refractivity contribution is 8.11. The van der Waals surface area contributed by atoms with Crippen molar-refractivity contribution in [2.75, 3.05) is 33.2 Å². The van der Waals surface area contributed by atoms with Crippen LogP contribution in [0.2, 0.25) is 0 Å². The summed E-state index contributed by atoms with van der Waals surface area (Å²) in [6, 6.07) is 19.2. The molecule has 0 saturated heterocycles. The van der Waals surface area contributed by atoms with Gasteiger partial charge in [0.1, 0.15) is 27.8 Å². The average Bonchev–Trinajstić information content (AvgIpc) is 3.82. The van der Waals surface area contributed by atoms with Gasteiger partial charge in [-0.2, -0.15) is 26.3 Å². The predicted octanol–water partition coefficient (Wildman–Crippen LogP) is 11.6. The Bertz CT molecular complexity index is 2410. The topological polar surface area (TPSA) is 126 Å². The van der Waals surface area contributed by atoms with Crippen molar-refractivity contribution < 1.29 is 64.1 Å². The second-order valence-corrected chi connectivity index (χ2v) is 26.5. The van der Waals surface area contributed by atoms with Crippen LogP contribution in [0.1, 0.15) is 48.8 Å². The summed E-state index contributed by atoms with van der Waals surface area (Å²) >= 11 is 12.7. The van der Waals surface area contributed by atoms with Crippen LogP contribution in [0.25, 0.3) is 32.3 Å². The summed E-state index contributed by atoms with van der Waals surface area (Å²) in [5.74, 6) is -1.21. The van der Waals surface area contributed by atoms with Crippen LogP contribution in [-0.4, -0.2) is 83.8 Å². The monoisotopic (exact) mass is 970 g/mol. The van der Waals surface area contributed by atoms with Gasteiger partial charge in [-0.05, 0) is 66.7 Å². The Hall–Kier alpha value is -3.48. The summed E-state index contributed by atoms with van der Waals surface area (Å²) in [7, 11) is 0. The molecule has 0 aliphatic carbocycles. The second-order valence-electron chi connectivity index (χ2n) is 14.7. The molecular weight excluding hydrogens is 929 g/mol. The quantitative estimate of drug-likeness (QED) is 0.0923. The molecule has 4 heterocycles. The van der Waals surface area contributed by atoms with E-state index in [1.54, 1.807) is 34.6 Å². The number of esters is 2. The van der Waals surface area contributed by atoms with Crippen LogP contribution in [0.4, 0.5) is 26.3 Å². The molecule has 0 amide bonds. The number of aromatic nitrogens is 2. The van der Waals surface area contributed by atoms with E-state index in [1.807, 2.05) is 67.6 Å². The third-order valence-corrected chi connectivity index (χ3v) is 12.8. The Morgan fingerprint density at radius 1 is 0.689 bits per heavy atom. The van der Waals surface area contributed by atoms with E-state index in [4.69, 9.17) is 30.3 Å². The first kappa shape index (κ1) is 50.2. The Kier molecular flexibility index (Phi) is 15.7. The molecule has 0 spiro atoms. The van der Waals surface area contributed by atoms with Crippen LogP contribution in [-0.2, 0) is 56.2 Å². The molecule has 61 heavy (non-hydrogen) atoms. The van der Waals surface area contributed by atoms with Crippen molar-refractivity contribution in [3.05, 3.63) is 93.3 Å². The van der Waals surface area contributed by atoms with E-state index in [9.17, 15) is 41.0 Å². The van der Waals surface area contributed by atoms with Crippen molar-refractivity contribution in [3.8, 4) is 21.1 Å². The number of aliphatic hydroxyl groups excluding tert-OH is 1. The van der Waals surface area contributed by atoms with Gasteiger partial charge in [-0.25, -0.2) is 19.6 Å². The third kappa shape index (κ3) is 14.0. The van der Waals surface area contributed by atoms with Gasteiger partial charge in [0, 0.05) is 27.5 Å². The summed E-state index contributed by atoms with van der Waals surface area (Å²) in [5, 5.41) is 11.8. The zero-order chi connectivity index (χ0) is 45.9. The number of hydrogen-bond acceptors (Lipinski definition) is 14. The van der Waals surface area contributed by atoms with E-state index in [0.717, 1.165) is 25.9 Å². The van der Waals surface area contributed by atoms with Crippen molar-refractivity contribution in [3.63, 3.8) is 0 Å². The van der Waals surface area contributed by atoms with Gasteiger partial charge >= 0.3 is 24.3 Å². The molecule has 332 valence electrons. The highest BCUT2D eigenvalue weighted by Crippen LogP contribution is 2.53. The Morgan fingerprint density at radius 3 is 1.46 bits per heavy atom. The molecule has 22 heteroatoms. The molecule has 1 unspecified atom stereocenters. The number of aryl methyl sites for hydroxylation is 2. The molecule has 2 aromatic carbocycles. The van der Waals surface area contributed by atoms with Gasteiger partial charge in [-0.15, -0.1) is 22.7 Å². The summed E-state index contributed by atoms with van der Waals surface area (Å²) in [4.78, 5) is 35.4. The molecule has 4 aromatic rings. The number of halogens is 6. The Balaban J connectivity index is 0.000000228. The zero-order valence-corrected chi connectivity index (χ0v) is 39.2. The number of thiazole rings is 2. The van der Waals surface area contributed by atoms with Crippen molar-refractivity contribution in [2.45, 2.75) is 65.1 Å². The number of alkyl halides is 6. The van der Waals surface area contributed by atoms with E-state index >= 15 is 0 Å². The largest absolute Gasteiger partial charge is 0.507 e. The van der Waals surface area contributed by atoms with Crippen LogP contribution in [0.3, 0.4) is 0 Å². The number of carbonyl (C=O) groups is 2. The summed E-state index contributed by atoms with van der Waals surface area (Å²) in [5.41, 5.74) is 0.745. The fourth-order valence-electron chi connectivity index (χ4n) is 5.30. The predicted molar refractivity (Wildman–Crippen MR) is 233 cm³/mol. The van der Waals surface area contributed by atoms with Crippen molar-refractivity contribution >= 4 is 82.1 Å². The summed E-state index contributed by atoms with van der Waals surface area (Å²) < 4.78 is 97.5. The molecule has 0 fully saturated rings. The van der Waals surface area contributed by atoms with Gasteiger partial charge in [-0.1, -0.05) is 72.5 Å². The fourth-order valence-corrected chi connectivity index (χ4v) is 9.22. The summed E-state index contributed by atoms with van der Waals surface area (Å²) in [6.07, 6.45) is -11.0. The van der Waals surface area contributed by atoms with Crippen LogP contribution in [0.15, 0.2) is 72.2 Å².